The Morgan fingerprint density at radius 3 is 2.88 bits per heavy atom. The molecule has 2 N–H and O–H groups in total. The fourth-order valence-electron chi connectivity index (χ4n) is 3.94. The molecule has 1 unspecified atom stereocenters. The van der Waals surface area contributed by atoms with Crippen LogP contribution < -0.4 is 15.4 Å². The number of nitrogens with zero attached hydrogens (tertiary/aromatic N) is 4. The van der Waals surface area contributed by atoms with E-state index in [9.17, 15) is 4.79 Å². The van der Waals surface area contributed by atoms with E-state index in [-0.39, 0.29) is 17.3 Å². The molecule has 2 aliphatic rings. The lowest BCUT2D eigenvalue weighted by atomic mass is 9.73. The maximum absolute atomic E-state index is 12.2. The number of nitrogen functional groups attached to an aromatic ring is 1. The molecule has 8 heteroatoms. The molecule has 1 aromatic rings. The molecular weight excluding hydrogens is 322 g/mol. The van der Waals surface area contributed by atoms with Gasteiger partial charge in [-0.3, -0.25) is 4.79 Å². The van der Waals surface area contributed by atoms with Gasteiger partial charge in [-0.1, -0.05) is 0 Å². The Morgan fingerprint density at radius 2 is 2.12 bits per heavy atom. The molecule has 8 nitrogen and oxygen atoms in total. The maximum Gasteiger partial charge on any atom is 0.225 e. The number of hydrogen-bond donors (Lipinski definition) is 1. The van der Waals surface area contributed by atoms with Gasteiger partial charge in [-0.25, -0.2) is 0 Å². The average molecular weight is 349 g/mol. The summed E-state index contributed by atoms with van der Waals surface area (Å²) in [5.41, 5.74) is 5.92. The molecule has 1 spiro atoms. The van der Waals surface area contributed by atoms with Crippen molar-refractivity contribution in [3.63, 3.8) is 0 Å². The van der Waals surface area contributed by atoms with Crippen LogP contribution in [0.2, 0.25) is 0 Å². The highest BCUT2D eigenvalue weighted by molar-refractivity contribution is 5.77. The first kappa shape index (κ1) is 17.7. The van der Waals surface area contributed by atoms with Crippen LogP contribution >= 0.6 is 0 Å². The smallest absolute Gasteiger partial charge is 0.225 e. The van der Waals surface area contributed by atoms with E-state index in [4.69, 9.17) is 15.2 Å². The summed E-state index contributed by atoms with van der Waals surface area (Å²) in [6, 6.07) is 1.83. The van der Waals surface area contributed by atoms with E-state index in [1.54, 1.807) is 14.2 Å². The molecule has 1 aromatic heterocycles. The summed E-state index contributed by atoms with van der Waals surface area (Å²) >= 11 is 0. The molecule has 0 aromatic carbocycles. The Labute approximate surface area is 148 Å². The van der Waals surface area contributed by atoms with Gasteiger partial charge in [0.1, 0.15) is 5.82 Å². The van der Waals surface area contributed by atoms with Crippen molar-refractivity contribution in [2.75, 3.05) is 57.6 Å². The molecular formula is C17H27N5O3. The summed E-state index contributed by atoms with van der Waals surface area (Å²) in [4.78, 5) is 24.8. The lowest BCUT2D eigenvalue weighted by Gasteiger charge is -2.48. The highest BCUT2D eigenvalue weighted by atomic mass is 16.5. The number of anilines is 2. The van der Waals surface area contributed by atoms with Crippen LogP contribution in [-0.2, 0) is 9.53 Å². The van der Waals surface area contributed by atoms with Crippen LogP contribution in [0.3, 0.4) is 0 Å². The van der Waals surface area contributed by atoms with Crippen LogP contribution in [0.25, 0.3) is 0 Å². The van der Waals surface area contributed by atoms with Crippen LogP contribution in [0.15, 0.2) is 6.07 Å². The van der Waals surface area contributed by atoms with E-state index in [0.29, 0.717) is 25.5 Å². The Kier molecular flexibility index (Phi) is 5.27. The Balaban J connectivity index is 1.76. The molecule has 3 heterocycles. The van der Waals surface area contributed by atoms with Gasteiger partial charge in [-0.05, 0) is 19.3 Å². The summed E-state index contributed by atoms with van der Waals surface area (Å²) in [5.74, 6) is 1.72. The summed E-state index contributed by atoms with van der Waals surface area (Å²) in [6.45, 7) is 3.80. The maximum atomic E-state index is 12.2. The third kappa shape index (κ3) is 3.95. The predicted molar refractivity (Wildman–Crippen MR) is 94.6 cm³/mol. The van der Waals surface area contributed by atoms with Crippen LogP contribution in [0.4, 0.5) is 11.8 Å². The monoisotopic (exact) mass is 349 g/mol. The number of methoxy groups -OCH3 is 2. The number of rotatable bonds is 5. The van der Waals surface area contributed by atoms with Crippen molar-refractivity contribution < 1.29 is 14.3 Å². The van der Waals surface area contributed by atoms with Gasteiger partial charge >= 0.3 is 0 Å². The molecule has 0 bridgehead atoms. The van der Waals surface area contributed by atoms with Crippen LogP contribution in [0.5, 0.6) is 5.88 Å². The van der Waals surface area contributed by atoms with Crippen molar-refractivity contribution >= 4 is 17.7 Å². The molecule has 138 valence electrons. The van der Waals surface area contributed by atoms with Crippen molar-refractivity contribution in [2.24, 2.45) is 5.41 Å². The topological polar surface area (TPSA) is 93.8 Å². The lowest BCUT2D eigenvalue weighted by molar-refractivity contribution is -0.138. The van der Waals surface area contributed by atoms with E-state index < -0.39 is 0 Å². The number of carbonyl (C=O) groups excluding carboxylic acids is 1. The van der Waals surface area contributed by atoms with Gasteiger partial charge < -0.3 is 25.0 Å². The normalized spacial score (nSPS) is 24.0. The Hall–Kier alpha value is -2.09. The first-order valence-corrected chi connectivity index (χ1v) is 8.75. The van der Waals surface area contributed by atoms with E-state index >= 15 is 0 Å². The molecule has 2 aliphatic heterocycles. The van der Waals surface area contributed by atoms with Gasteiger partial charge in [-0.15, -0.1) is 0 Å². The first-order chi connectivity index (χ1) is 12.0. The zero-order valence-corrected chi connectivity index (χ0v) is 15.0. The fraction of sp³-hybridized carbons (Fsp3) is 0.706. The average Bonchev–Trinajstić information content (AvgIpc) is 2.62. The zero-order chi connectivity index (χ0) is 17.9. The summed E-state index contributed by atoms with van der Waals surface area (Å²) in [7, 11) is 3.24. The summed E-state index contributed by atoms with van der Waals surface area (Å²) < 4.78 is 10.4. The van der Waals surface area contributed by atoms with Crippen molar-refractivity contribution in [3.8, 4) is 5.88 Å². The molecule has 0 radical (unpaired) electrons. The second-order valence-corrected chi connectivity index (χ2v) is 6.96. The first-order valence-electron chi connectivity index (χ1n) is 8.75. The van der Waals surface area contributed by atoms with Gasteiger partial charge in [-0.2, -0.15) is 9.97 Å². The minimum absolute atomic E-state index is 0.104. The SMILES string of the molecule is COCCN1CC2(CCCN(c3cc(OC)nc(N)n3)C2)CCC1=O. The largest absolute Gasteiger partial charge is 0.481 e. The number of ether oxygens (including phenoxy) is 2. The van der Waals surface area contributed by atoms with E-state index in [0.717, 1.165) is 44.7 Å². The standard InChI is InChI=1S/C17H27N5O3/c1-24-9-8-22-12-17(6-4-15(22)23)5-3-7-21(11-17)13-10-14(25-2)20-16(18)19-13/h10H,3-9,11-12H2,1-2H3,(H2,18,19,20). The van der Waals surface area contributed by atoms with Gasteiger partial charge in [0.15, 0.2) is 0 Å². The molecule has 2 saturated heterocycles. The van der Waals surface area contributed by atoms with Crippen molar-refractivity contribution in [3.05, 3.63) is 6.07 Å². The Morgan fingerprint density at radius 1 is 1.28 bits per heavy atom. The minimum Gasteiger partial charge on any atom is -0.481 e. The van der Waals surface area contributed by atoms with Crippen molar-refractivity contribution in [1.82, 2.24) is 14.9 Å². The zero-order valence-electron chi connectivity index (χ0n) is 15.0. The van der Waals surface area contributed by atoms with E-state index in [1.807, 2.05) is 11.0 Å². The van der Waals surface area contributed by atoms with Crippen LogP contribution in [-0.4, -0.2) is 67.8 Å². The summed E-state index contributed by atoms with van der Waals surface area (Å²) in [5, 5.41) is 0. The molecule has 2 fully saturated rings. The van der Waals surface area contributed by atoms with E-state index in [2.05, 4.69) is 14.9 Å². The molecule has 1 atom stereocenters. The molecule has 25 heavy (non-hydrogen) atoms. The van der Waals surface area contributed by atoms with E-state index in [1.165, 1.54) is 0 Å². The van der Waals surface area contributed by atoms with Crippen LogP contribution in [0, 0.1) is 5.41 Å². The molecule has 0 saturated carbocycles. The Bertz CT molecular complexity index is 626. The highest BCUT2D eigenvalue weighted by Crippen LogP contribution is 2.40. The van der Waals surface area contributed by atoms with Crippen molar-refractivity contribution in [2.45, 2.75) is 25.7 Å². The quantitative estimate of drug-likeness (QED) is 0.845. The highest BCUT2D eigenvalue weighted by Gasteiger charge is 2.42. The number of hydrogen-bond acceptors (Lipinski definition) is 7. The third-order valence-corrected chi connectivity index (χ3v) is 5.21. The van der Waals surface area contributed by atoms with Crippen LogP contribution in [0.1, 0.15) is 25.7 Å². The number of nitrogens with two attached hydrogens (primary N) is 1. The summed E-state index contributed by atoms with van der Waals surface area (Å²) in [6.07, 6.45) is 3.72. The second kappa shape index (κ2) is 7.43. The fourth-order valence-corrected chi connectivity index (χ4v) is 3.94. The van der Waals surface area contributed by atoms with Gasteiger partial charge in [0, 0.05) is 51.2 Å². The van der Waals surface area contributed by atoms with Gasteiger partial charge in [0.2, 0.25) is 17.7 Å². The molecule has 3 rings (SSSR count). The third-order valence-electron chi connectivity index (χ3n) is 5.21. The minimum atomic E-state index is 0.104. The predicted octanol–water partition coefficient (Wildman–Crippen LogP) is 0.923. The molecule has 0 aliphatic carbocycles. The number of amides is 1. The number of likely N-dealkylation sites (tertiary alicyclic amines) is 1. The van der Waals surface area contributed by atoms with Gasteiger partial charge in [0.05, 0.1) is 13.7 Å². The lowest BCUT2D eigenvalue weighted by Crippen LogP contribution is -2.54. The number of aromatic nitrogens is 2. The van der Waals surface area contributed by atoms with Gasteiger partial charge in [0.25, 0.3) is 0 Å². The van der Waals surface area contributed by atoms with Crippen molar-refractivity contribution in [1.29, 1.82) is 0 Å². The molecule has 1 amide bonds. The second-order valence-electron chi connectivity index (χ2n) is 6.96. The number of carbonyl (C=O) groups is 1. The number of piperidine rings is 2.